The second kappa shape index (κ2) is 5.83. The molecule has 0 spiro atoms. The normalized spacial score (nSPS) is 10.3. The van der Waals surface area contributed by atoms with Crippen LogP contribution in [0.1, 0.15) is 11.1 Å². The van der Waals surface area contributed by atoms with Crippen molar-refractivity contribution in [3.63, 3.8) is 0 Å². The predicted octanol–water partition coefficient (Wildman–Crippen LogP) is 4.00. The van der Waals surface area contributed by atoms with Gasteiger partial charge in [-0.25, -0.2) is 0 Å². The van der Waals surface area contributed by atoms with Crippen molar-refractivity contribution in [2.75, 3.05) is 7.11 Å². The standard InChI is InChI=1S/C15H16O2S/c1-11-9-13(16)5-8-15(11)18-10-12-3-6-14(17-2)7-4-12/h3-9,16H,10H2,1-2H3. The maximum absolute atomic E-state index is 9.36. The lowest BCUT2D eigenvalue weighted by Crippen LogP contribution is -1.85. The minimum atomic E-state index is 0.321. The average molecular weight is 260 g/mol. The first kappa shape index (κ1) is 12.8. The van der Waals surface area contributed by atoms with Crippen LogP contribution in [-0.4, -0.2) is 12.2 Å². The van der Waals surface area contributed by atoms with Crippen LogP contribution in [0.5, 0.6) is 11.5 Å². The van der Waals surface area contributed by atoms with E-state index in [1.54, 1.807) is 31.0 Å². The maximum atomic E-state index is 9.36. The van der Waals surface area contributed by atoms with E-state index in [0.717, 1.165) is 17.1 Å². The molecule has 0 atom stereocenters. The minimum Gasteiger partial charge on any atom is -0.508 e. The molecule has 0 saturated carbocycles. The molecule has 2 rings (SSSR count). The molecule has 1 N–H and O–H groups in total. The number of ether oxygens (including phenoxy) is 1. The number of hydrogen-bond donors (Lipinski definition) is 1. The molecule has 0 saturated heterocycles. The summed E-state index contributed by atoms with van der Waals surface area (Å²) < 4.78 is 5.13. The van der Waals surface area contributed by atoms with E-state index in [1.807, 2.05) is 25.1 Å². The topological polar surface area (TPSA) is 29.5 Å². The van der Waals surface area contributed by atoms with Gasteiger partial charge in [0.15, 0.2) is 0 Å². The molecule has 2 nitrogen and oxygen atoms in total. The van der Waals surface area contributed by atoms with E-state index >= 15 is 0 Å². The van der Waals surface area contributed by atoms with Crippen LogP contribution in [0, 0.1) is 6.92 Å². The van der Waals surface area contributed by atoms with Crippen molar-refractivity contribution in [3.05, 3.63) is 53.6 Å². The lowest BCUT2D eigenvalue weighted by Gasteiger charge is -2.07. The monoisotopic (exact) mass is 260 g/mol. The molecule has 0 unspecified atom stereocenters. The van der Waals surface area contributed by atoms with Gasteiger partial charge in [0.1, 0.15) is 11.5 Å². The Morgan fingerprint density at radius 2 is 1.83 bits per heavy atom. The fourth-order valence-corrected chi connectivity index (χ4v) is 2.64. The summed E-state index contributed by atoms with van der Waals surface area (Å²) in [4.78, 5) is 1.20. The highest BCUT2D eigenvalue weighted by atomic mass is 32.2. The fraction of sp³-hybridized carbons (Fsp3) is 0.200. The van der Waals surface area contributed by atoms with E-state index < -0.39 is 0 Å². The Kier molecular flexibility index (Phi) is 4.15. The summed E-state index contributed by atoms with van der Waals surface area (Å²) in [6, 6.07) is 13.6. The summed E-state index contributed by atoms with van der Waals surface area (Å²) in [5, 5.41) is 9.36. The van der Waals surface area contributed by atoms with E-state index in [-0.39, 0.29) is 0 Å². The number of methoxy groups -OCH3 is 1. The summed E-state index contributed by atoms with van der Waals surface area (Å²) in [6.45, 7) is 2.01. The lowest BCUT2D eigenvalue weighted by molar-refractivity contribution is 0.414. The van der Waals surface area contributed by atoms with Crippen molar-refractivity contribution < 1.29 is 9.84 Å². The van der Waals surface area contributed by atoms with E-state index in [0.29, 0.717) is 5.75 Å². The second-order valence-electron chi connectivity index (χ2n) is 4.09. The third-order valence-corrected chi connectivity index (χ3v) is 3.96. The van der Waals surface area contributed by atoms with E-state index in [4.69, 9.17) is 4.74 Å². The summed E-state index contributed by atoms with van der Waals surface area (Å²) in [6.07, 6.45) is 0. The van der Waals surface area contributed by atoms with Gasteiger partial charge in [-0.2, -0.15) is 0 Å². The Morgan fingerprint density at radius 3 is 2.44 bits per heavy atom. The minimum absolute atomic E-state index is 0.321. The highest BCUT2D eigenvalue weighted by molar-refractivity contribution is 7.98. The molecule has 0 fully saturated rings. The first-order chi connectivity index (χ1) is 8.69. The molecule has 0 radical (unpaired) electrons. The Balaban J connectivity index is 2.02. The zero-order chi connectivity index (χ0) is 13.0. The molecule has 0 aliphatic heterocycles. The maximum Gasteiger partial charge on any atom is 0.118 e. The molecule has 0 aliphatic rings. The van der Waals surface area contributed by atoms with Gasteiger partial charge in [-0.1, -0.05) is 12.1 Å². The number of phenolic OH excluding ortho intramolecular Hbond substituents is 1. The molecule has 94 valence electrons. The highest BCUT2D eigenvalue weighted by Crippen LogP contribution is 2.28. The third kappa shape index (κ3) is 3.20. The van der Waals surface area contributed by atoms with E-state index in [2.05, 4.69) is 12.1 Å². The molecule has 2 aromatic rings. The van der Waals surface area contributed by atoms with Gasteiger partial charge in [0, 0.05) is 10.6 Å². The van der Waals surface area contributed by atoms with Crippen LogP contribution < -0.4 is 4.74 Å². The van der Waals surface area contributed by atoms with Gasteiger partial charge in [-0.3, -0.25) is 0 Å². The van der Waals surface area contributed by atoms with Crippen LogP contribution in [0.25, 0.3) is 0 Å². The smallest absolute Gasteiger partial charge is 0.118 e. The SMILES string of the molecule is COc1ccc(CSc2ccc(O)cc2C)cc1. The Labute approximate surface area is 112 Å². The zero-order valence-electron chi connectivity index (χ0n) is 10.5. The molecule has 0 bridgehead atoms. The zero-order valence-corrected chi connectivity index (χ0v) is 11.3. The van der Waals surface area contributed by atoms with Gasteiger partial charge in [-0.15, -0.1) is 11.8 Å². The van der Waals surface area contributed by atoms with Gasteiger partial charge in [0.2, 0.25) is 0 Å². The molecule has 0 amide bonds. The highest BCUT2D eigenvalue weighted by Gasteiger charge is 2.01. The number of aryl methyl sites for hydroxylation is 1. The van der Waals surface area contributed by atoms with Gasteiger partial charge in [-0.05, 0) is 48.4 Å². The van der Waals surface area contributed by atoms with Gasteiger partial charge in [0.05, 0.1) is 7.11 Å². The number of benzene rings is 2. The average Bonchev–Trinajstić information content (AvgIpc) is 2.38. The van der Waals surface area contributed by atoms with Crippen molar-refractivity contribution in [3.8, 4) is 11.5 Å². The quantitative estimate of drug-likeness (QED) is 0.842. The molecular formula is C15H16O2S. The number of aromatic hydroxyl groups is 1. The molecule has 2 aromatic carbocycles. The molecule has 3 heteroatoms. The number of thioether (sulfide) groups is 1. The van der Waals surface area contributed by atoms with Crippen LogP contribution in [0.2, 0.25) is 0 Å². The Bertz CT molecular complexity index is 521. The Hall–Kier alpha value is -1.61. The van der Waals surface area contributed by atoms with Crippen LogP contribution in [0.3, 0.4) is 0 Å². The first-order valence-electron chi connectivity index (χ1n) is 5.74. The second-order valence-corrected chi connectivity index (χ2v) is 5.10. The first-order valence-corrected chi connectivity index (χ1v) is 6.73. The largest absolute Gasteiger partial charge is 0.508 e. The van der Waals surface area contributed by atoms with Gasteiger partial charge in [0.25, 0.3) is 0 Å². The molecule has 0 heterocycles. The summed E-state index contributed by atoms with van der Waals surface area (Å²) >= 11 is 1.77. The van der Waals surface area contributed by atoms with Crippen LogP contribution in [0.4, 0.5) is 0 Å². The summed E-state index contributed by atoms with van der Waals surface area (Å²) in [7, 11) is 1.67. The molecule has 0 aromatic heterocycles. The van der Waals surface area contributed by atoms with Crippen LogP contribution in [0.15, 0.2) is 47.4 Å². The van der Waals surface area contributed by atoms with Crippen molar-refractivity contribution in [2.24, 2.45) is 0 Å². The van der Waals surface area contributed by atoms with Crippen LogP contribution in [-0.2, 0) is 5.75 Å². The van der Waals surface area contributed by atoms with Gasteiger partial charge < -0.3 is 9.84 Å². The number of phenols is 1. The van der Waals surface area contributed by atoms with Crippen LogP contribution >= 0.6 is 11.8 Å². The molecule has 18 heavy (non-hydrogen) atoms. The van der Waals surface area contributed by atoms with Crippen molar-refractivity contribution in [2.45, 2.75) is 17.6 Å². The lowest BCUT2D eigenvalue weighted by atomic mass is 10.2. The van der Waals surface area contributed by atoms with E-state index in [1.165, 1.54) is 10.5 Å². The molecular weight excluding hydrogens is 244 g/mol. The predicted molar refractivity (Wildman–Crippen MR) is 75.4 cm³/mol. The van der Waals surface area contributed by atoms with Crippen molar-refractivity contribution >= 4 is 11.8 Å². The van der Waals surface area contributed by atoms with E-state index in [9.17, 15) is 5.11 Å². The van der Waals surface area contributed by atoms with Crippen molar-refractivity contribution in [1.82, 2.24) is 0 Å². The fourth-order valence-electron chi connectivity index (χ4n) is 1.68. The number of hydrogen-bond acceptors (Lipinski definition) is 3. The third-order valence-electron chi connectivity index (χ3n) is 2.71. The summed E-state index contributed by atoms with van der Waals surface area (Å²) in [5.74, 6) is 2.11. The summed E-state index contributed by atoms with van der Waals surface area (Å²) in [5.41, 5.74) is 2.36. The molecule has 0 aliphatic carbocycles. The van der Waals surface area contributed by atoms with Gasteiger partial charge >= 0.3 is 0 Å². The Morgan fingerprint density at radius 1 is 1.11 bits per heavy atom. The van der Waals surface area contributed by atoms with Crippen molar-refractivity contribution in [1.29, 1.82) is 0 Å². The number of rotatable bonds is 4.